The topological polar surface area (TPSA) is 111 Å². The molecule has 0 unspecified atom stereocenters. The summed E-state index contributed by atoms with van der Waals surface area (Å²) in [5.74, 6) is -0.735. The third kappa shape index (κ3) is 5.53. The Bertz CT molecular complexity index is 615. The van der Waals surface area contributed by atoms with E-state index in [1.165, 1.54) is 6.07 Å². The number of rotatable bonds is 9. The third-order valence-corrected chi connectivity index (χ3v) is 3.58. The molecule has 1 aromatic carbocycles. The molecule has 130 valence electrons. The number of esters is 1. The molecular formula is C16H21N3O5. The van der Waals surface area contributed by atoms with Crippen LogP contribution < -0.4 is 10.6 Å². The SMILES string of the molecule is C[C@@H](OC(=O)CCCNc1ccccc1[N+](=O)[O-])C(=O)NC1CC1. The molecule has 2 N–H and O–H groups in total. The fraction of sp³-hybridized carbons (Fsp3) is 0.500. The Hall–Kier alpha value is -2.64. The number of hydrogen-bond donors (Lipinski definition) is 2. The van der Waals surface area contributed by atoms with Crippen molar-refractivity contribution in [3.05, 3.63) is 34.4 Å². The molecule has 8 heteroatoms. The van der Waals surface area contributed by atoms with Gasteiger partial charge in [0.15, 0.2) is 6.10 Å². The van der Waals surface area contributed by atoms with Crippen LogP contribution in [0.3, 0.4) is 0 Å². The predicted octanol–water partition coefficient (Wildman–Crippen LogP) is 2.00. The molecule has 1 saturated carbocycles. The van der Waals surface area contributed by atoms with Gasteiger partial charge in [-0.3, -0.25) is 19.7 Å². The number of carbonyl (C=O) groups excluding carboxylic acids is 2. The minimum absolute atomic E-state index is 0.00885. The van der Waals surface area contributed by atoms with Gasteiger partial charge in [-0.05, 0) is 32.3 Å². The van der Waals surface area contributed by atoms with Crippen molar-refractivity contribution in [3.8, 4) is 0 Å². The van der Waals surface area contributed by atoms with Gasteiger partial charge in [-0.2, -0.15) is 0 Å². The molecule has 0 radical (unpaired) electrons. The summed E-state index contributed by atoms with van der Waals surface area (Å²) in [6.45, 7) is 1.93. The van der Waals surface area contributed by atoms with E-state index in [2.05, 4.69) is 10.6 Å². The molecule has 1 atom stereocenters. The first-order chi connectivity index (χ1) is 11.5. The quantitative estimate of drug-likeness (QED) is 0.309. The summed E-state index contributed by atoms with van der Waals surface area (Å²) >= 11 is 0. The maximum absolute atomic E-state index is 11.7. The summed E-state index contributed by atoms with van der Waals surface area (Å²) in [6.07, 6.45) is 1.73. The van der Waals surface area contributed by atoms with Crippen LogP contribution in [0.25, 0.3) is 0 Å². The van der Waals surface area contributed by atoms with E-state index in [0.717, 1.165) is 12.8 Å². The zero-order chi connectivity index (χ0) is 17.5. The highest BCUT2D eigenvalue weighted by atomic mass is 16.6. The van der Waals surface area contributed by atoms with Gasteiger partial charge in [-0.25, -0.2) is 0 Å². The van der Waals surface area contributed by atoms with Gasteiger partial charge in [0.05, 0.1) is 4.92 Å². The van der Waals surface area contributed by atoms with Crippen molar-refractivity contribution in [1.29, 1.82) is 0 Å². The standard InChI is InChI=1S/C16H21N3O5/c1-11(16(21)18-12-8-9-12)24-15(20)7-4-10-17-13-5-2-3-6-14(13)19(22)23/h2-3,5-6,11-12,17H,4,7-10H2,1H3,(H,18,21)/t11-/m1/s1. The Labute approximate surface area is 139 Å². The molecular weight excluding hydrogens is 314 g/mol. The van der Waals surface area contributed by atoms with E-state index in [4.69, 9.17) is 4.74 Å². The Morgan fingerprint density at radius 3 is 2.75 bits per heavy atom. The number of para-hydroxylation sites is 2. The minimum Gasteiger partial charge on any atom is -0.453 e. The number of nitrogens with one attached hydrogen (secondary N) is 2. The van der Waals surface area contributed by atoms with Gasteiger partial charge in [0.1, 0.15) is 5.69 Å². The minimum atomic E-state index is -0.804. The smallest absolute Gasteiger partial charge is 0.306 e. The molecule has 1 fully saturated rings. The van der Waals surface area contributed by atoms with Crippen LogP contribution in [0.15, 0.2) is 24.3 Å². The monoisotopic (exact) mass is 335 g/mol. The van der Waals surface area contributed by atoms with Crippen molar-refractivity contribution in [2.45, 2.75) is 44.8 Å². The molecule has 1 aliphatic rings. The lowest BCUT2D eigenvalue weighted by molar-refractivity contribution is -0.384. The van der Waals surface area contributed by atoms with Crippen molar-refractivity contribution in [1.82, 2.24) is 5.32 Å². The first-order valence-electron chi connectivity index (χ1n) is 7.94. The summed E-state index contributed by atoms with van der Waals surface area (Å²) in [5, 5.41) is 16.6. The maximum Gasteiger partial charge on any atom is 0.306 e. The van der Waals surface area contributed by atoms with Crippen LogP contribution >= 0.6 is 0 Å². The van der Waals surface area contributed by atoms with Gasteiger partial charge in [-0.1, -0.05) is 12.1 Å². The molecule has 24 heavy (non-hydrogen) atoms. The first-order valence-corrected chi connectivity index (χ1v) is 7.94. The normalized spacial score (nSPS) is 14.5. The number of nitro groups is 1. The molecule has 1 aromatic rings. The highest BCUT2D eigenvalue weighted by molar-refractivity contribution is 5.83. The van der Waals surface area contributed by atoms with Gasteiger partial charge in [0.2, 0.25) is 0 Å². The molecule has 0 aromatic heterocycles. The van der Waals surface area contributed by atoms with Gasteiger partial charge in [-0.15, -0.1) is 0 Å². The number of amides is 1. The van der Waals surface area contributed by atoms with E-state index >= 15 is 0 Å². The molecule has 0 aliphatic heterocycles. The number of nitrogens with zero attached hydrogens (tertiary/aromatic N) is 1. The molecule has 8 nitrogen and oxygen atoms in total. The van der Waals surface area contributed by atoms with Crippen LogP contribution in [0.2, 0.25) is 0 Å². The lowest BCUT2D eigenvalue weighted by atomic mass is 10.2. The summed E-state index contributed by atoms with van der Waals surface area (Å²) in [4.78, 5) is 33.8. The van der Waals surface area contributed by atoms with E-state index in [0.29, 0.717) is 18.7 Å². The van der Waals surface area contributed by atoms with E-state index in [1.54, 1.807) is 25.1 Å². The average molecular weight is 335 g/mol. The lowest BCUT2D eigenvalue weighted by Gasteiger charge is -2.13. The summed E-state index contributed by atoms with van der Waals surface area (Å²) < 4.78 is 5.07. The second-order valence-corrected chi connectivity index (χ2v) is 5.72. The van der Waals surface area contributed by atoms with Crippen LogP contribution in [0.5, 0.6) is 0 Å². The number of anilines is 1. The summed E-state index contributed by atoms with van der Waals surface area (Å²) in [6, 6.07) is 6.54. The van der Waals surface area contributed by atoms with Crippen LogP contribution in [0.4, 0.5) is 11.4 Å². The average Bonchev–Trinajstić information content (AvgIpc) is 3.35. The molecule has 0 heterocycles. The van der Waals surface area contributed by atoms with Gasteiger partial charge >= 0.3 is 5.97 Å². The molecule has 0 spiro atoms. The second-order valence-electron chi connectivity index (χ2n) is 5.72. The molecule has 0 saturated heterocycles. The summed E-state index contributed by atoms with van der Waals surface area (Å²) in [7, 11) is 0. The number of ether oxygens (including phenoxy) is 1. The van der Waals surface area contributed by atoms with Gasteiger partial charge < -0.3 is 15.4 Å². The van der Waals surface area contributed by atoms with Crippen LogP contribution in [-0.2, 0) is 14.3 Å². The Morgan fingerprint density at radius 2 is 2.08 bits per heavy atom. The van der Waals surface area contributed by atoms with Crippen LogP contribution in [0, 0.1) is 10.1 Å². The first kappa shape index (κ1) is 17.7. The number of nitro benzene ring substituents is 1. The zero-order valence-corrected chi connectivity index (χ0v) is 13.5. The van der Waals surface area contributed by atoms with Crippen molar-refractivity contribution in [2.24, 2.45) is 0 Å². The highest BCUT2D eigenvalue weighted by Crippen LogP contribution is 2.23. The lowest BCUT2D eigenvalue weighted by Crippen LogP contribution is -2.37. The fourth-order valence-electron chi connectivity index (χ4n) is 2.09. The molecule has 2 rings (SSSR count). The Morgan fingerprint density at radius 1 is 1.38 bits per heavy atom. The number of carbonyl (C=O) groups is 2. The Kier molecular flexibility index (Phi) is 6.11. The van der Waals surface area contributed by atoms with E-state index < -0.39 is 17.0 Å². The summed E-state index contributed by atoms with van der Waals surface area (Å²) in [5.41, 5.74) is 0.401. The van der Waals surface area contributed by atoms with Crippen molar-refractivity contribution in [3.63, 3.8) is 0 Å². The number of benzene rings is 1. The van der Waals surface area contributed by atoms with Crippen molar-refractivity contribution >= 4 is 23.3 Å². The largest absolute Gasteiger partial charge is 0.453 e. The van der Waals surface area contributed by atoms with Gasteiger partial charge in [0.25, 0.3) is 11.6 Å². The zero-order valence-electron chi connectivity index (χ0n) is 13.5. The third-order valence-electron chi connectivity index (χ3n) is 3.58. The molecule has 0 bridgehead atoms. The molecule has 1 aliphatic carbocycles. The number of hydrogen-bond acceptors (Lipinski definition) is 6. The Balaban J connectivity index is 1.67. The van der Waals surface area contributed by atoms with Crippen LogP contribution in [-0.4, -0.2) is 35.5 Å². The van der Waals surface area contributed by atoms with Crippen LogP contribution in [0.1, 0.15) is 32.6 Å². The van der Waals surface area contributed by atoms with Crippen molar-refractivity contribution in [2.75, 3.05) is 11.9 Å². The van der Waals surface area contributed by atoms with E-state index in [1.807, 2.05) is 0 Å². The highest BCUT2D eigenvalue weighted by Gasteiger charge is 2.27. The van der Waals surface area contributed by atoms with E-state index in [9.17, 15) is 19.7 Å². The van der Waals surface area contributed by atoms with Crippen molar-refractivity contribution < 1.29 is 19.2 Å². The fourth-order valence-corrected chi connectivity index (χ4v) is 2.09. The predicted molar refractivity (Wildman–Crippen MR) is 87.5 cm³/mol. The van der Waals surface area contributed by atoms with E-state index in [-0.39, 0.29) is 24.1 Å². The van der Waals surface area contributed by atoms with Gasteiger partial charge in [0, 0.05) is 25.1 Å². The molecule has 1 amide bonds. The maximum atomic E-state index is 11.7. The second kappa shape index (κ2) is 8.28.